The van der Waals surface area contributed by atoms with Crippen molar-refractivity contribution < 1.29 is 27.4 Å². The van der Waals surface area contributed by atoms with Crippen molar-refractivity contribution >= 4 is 21.7 Å². The van der Waals surface area contributed by atoms with Crippen molar-refractivity contribution in [2.45, 2.75) is 94.3 Å². The smallest absolute Gasteiger partial charge is 0.338 e. The summed E-state index contributed by atoms with van der Waals surface area (Å²) in [5.41, 5.74) is 0.122. The van der Waals surface area contributed by atoms with Crippen LogP contribution in [0.2, 0.25) is 0 Å². The highest BCUT2D eigenvalue weighted by Crippen LogP contribution is 2.38. The maximum atomic E-state index is 14.2. The first-order valence-electron chi connectivity index (χ1n) is 13.9. The van der Waals surface area contributed by atoms with E-state index in [2.05, 4.69) is 9.71 Å². The third-order valence-electron chi connectivity index (χ3n) is 8.32. The first-order valence-corrected chi connectivity index (χ1v) is 15.4. The van der Waals surface area contributed by atoms with Gasteiger partial charge in [0.15, 0.2) is 0 Å². The molecule has 2 aliphatic rings. The number of benzene rings is 1. The minimum absolute atomic E-state index is 0.0532. The molecule has 1 aromatic carbocycles. The summed E-state index contributed by atoms with van der Waals surface area (Å²) in [6.45, 7) is 0. The summed E-state index contributed by atoms with van der Waals surface area (Å²) >= 11 is 0. The van der Waals surface area contributed by atoms with Gasteiger partial charge in [-0.1, -0.05) is 70.6 Å². The zero-order chi connectivity index (χ0) is 27.1. The number of carboxylic acid groups (broad SMARTS) is 1. The molecule has 0 aliphatic heterocycles. The molecule has 208 valence electrons. The quantitative estimate of drug-likeness (QED) is 0.358. The first kappa shape index (κ1) is 28.3. The highest BCUT2D eigenvalue weighted by atomic mass is 32.2. The van der Waals surface area contributed by atoms with Gasteiger partial charge < -0.3 is 9.84 Å². The molecule has 2 fully saturated rings. The molecule has 2 saturated carbocycles. The Kier molecular flexibility index (Phi) is 9.63. The molecule has 2 atom stereocenters. The Morgan fingerprint density at radius 2 is 1.55 bits per heavy atom. The number of aromatic carboxylic acids is 1. The number of carboxylic acids is 1. The van der Waals surface area contributed by atoms with Crippen LogP contribution in [0, 0.1) is 17.7 Å². The highest BCUT2D eigenvalue weighted by Gasteiger charge is 2.26. The summed E-state index contributed by atoms with van der Waals surface area (Å²) in [5.74, 6) is -0.595. The van der Waals surface area contributed by atoms with E-state index in [1.807, 2.05) is 0 Å². The van der Waals surface area contributed by atoms with Crippen LogP contribution in [-0.2, 0) is 10.0 Å². The average Bonchev–Trinajstić information content (AvgIpc) is 3.11. The first-order chi connectivity index (χ1) is 18.3. The molecule has 0 spiro atoms. The fraction of sp³-hybridized carbons (Fsp3) is 0.586. The standard InChI is InChI=1S/C29H39FN2O5S/c1-37-28-17-24(29(33)34)25(30)18-27(28)32-38(35,36)23-15-16-26(31-19-23)22-12-7-6-11-21(13-8-14-22)20-9-4-2-3-5-10-20/h15-22,32H,2-14H2,1H3,(H,33,34). The van der Waals surface area contributed by atoms with E-state index in [4.69, 9.17) is 9.84 Å². The van der Waals surface area contributed by atoms with E-state index < -0.39 is 27.4 Å². The average molecular weight is 547 g/mol. The van der Waals surface area contributed by atoms with E-state index in [9.17, 15) is 17.6 Å². The molecule has 1 aromatic heterocycles. The summed E-state index contributed by atoms with van der Waals surface area (Å²) in [6.07, 6.45) is 18.0. The van der Waals surface area contributed by atoms with Gasteiger partial charge in [-0.2, -0.15) is 0 Å². The molecule has 4 rings (SSSR count). The van der Waals surface area contributed by atoms with Crippen molar-refractivity contribution in [3.05, 3.63) is 47.5 Å². The summed E-state index contributed by atoms with van der Waals surface area (Å²) in [5, 5.41) is 9.11. The summed E-state index contributed by atoms with van der Waals surface area (Å²) in [4.78, 5) is 15.7. The number of hydrogen-bond donors (Lipinski definition) is 2. The Morgan fingerprint density at radius 3 is 2.16 bits per heavy atom. The molecule has 7 nitrogen and oxygen atoms in total. The molecule has 9 heteroatoms. The number of hydrogen-bond acceptors (Lipinski definition) is 5. The number of halogens is 1. The van der Waals surface area contributed by atoms with Crippen LogP contribution < -0.4 is 9.46 Å². The van der Waals surface area contributed by atoms with Crippen molar-refractivity contribution in [1.82, 2.24) is 4.98 Å². The molecule has 2 N–H and O–H groups in total. The normalized spacial score (nSPS) is 21.9. The van der Waals surface area contributed by atoms with Gasteiger partial charge in [-0.05, 0) is 42.9 Å². The summed E-state index contributed by atoms with van der Waals surface area (Å²) in [7, 11) is -2.84. The van der Waals surface area contributed by atoms with Crippen molar-refractivity contribution in [3.63, 3.8) is 0 Å². The Bertz CT molecular complexity index is 1190. The van der Waals surface area contributed by atoms with Crippen molar-refractivity contribution in [2.24, 2.45) is 11.8 Å². The molecule has 38 heavy (non-hydrogen) atoms. The van der Waals surface area contributed by atoms with Crippen LogP contribution in [0.1, 0.15) is 105 Å². The molecule has 0 saturated heterocycles. The Balaban J connectivity index is 1.42. The fourth-order valence-electron chi connectivity index (χ4n) is 6.22. The SMILES string of the molecule is COc1cc(C(=O)O)c(F)cc1NS(=O)(=O)c1ccc(C2CCCCC(C3CCCCCC3)CCC2)nc1. The number of ether oxygens (including phenoxy) is 1. The lowest BCUT2D eigenvalue weighted by Gasteiger charge is -2.26. The molecule has 0 radical (unpaired) electrons. The predicted molar refractivity (Wildman–Crippen MR) is 145 cm³/mol. The van der Waals surface area contributed by atoms with Crippen LogP contribution in [0.5, 0.6) is 5.75 Å². The number of rotatable bonds is 7. The van der Waals surface area contributed by atoms with Gasteiger partial charge in [0.25, 0.3) is 10.0 Å². The largest absolute Gasteiger partial charge is 0.495 e. The highest BCUT2D eigenvalue weighted by molar-refractivity contribution is 7.92. The zero-order valence-corrected chi connectivity index (χ0v) is 22.9. The second-order valence-electron chi connectivity index (χ2n) is 10.8. The van der Waals surface area contributed by atoms with Crippen LogP contribution in [0.15, 0.2) is 35.4 Å². The second-order valence-corrected chi connectivity index (χ2v) is 12.5. The van der Waals surface area contributed by atoms with Gasteiger partial charge in [0.1, 0.15) is 16.5 Å². The predicted octanol–water partition coefficient (Wildman–Crippen LogP) is 7.14. The topological polar surface area (TPSA) is 106 Å². The lowest BCUT2D eigenvalue weighted by Crippen LogP contribution is -2.15. The third kappa shape index (κ3) is 7.04. The lowest BCUT2D eigenvalue weighted by atomic mass is 9.80. The van der Waals surface area contributed by atoms with E-state index in [1.54, 1.807) is 6.07 Å². The molecule has 2 aromatic rings. The number of nitrogens with one attached hydrogen (secondary N) is 1. The molecule has 0 amide bonds. The van der Waals surface area contributed by atoms with E-state index >= 15 is 0 Å². The third-order valence-corrected chi connectivity index (χ3v) is 9.67. The number of aromatic nitrogens is 1. The van der Waals surface area contributed by atoms with Gasteiger partial charge in [-0.3, -0.25) is 9.71 Å². The van der Waals surface area contributed by atoms with Gasteiger partial charge in [0.05, 0.1) is 18.4 Å². The van der Waals surface area contributed by atoms with E-state index in [-0.39, 0.29) is 16.3 Å². The Labute approximate surface area is 225 Å². The fourth-order valence-corrected chi connectivity index (χ4v) is 7.23. The Hall–Kier alpha value is -2.68. The van der Waals surface area contributed by atoms with Gasteiger partial charge in [0, 0.05) is 23.9 Å². The molecule has 2 aliphatic carbocycles. The van der Waals surface area contributed by atoms with Crippen LogP contribution in [0.3, 0.4) is 0 Å². The summed E-state index contributed by atoms with van der Waals surface area (Å²) in [6, 6.07) is 5.07. The Morgan fingerprint density at radius 1 is 0.947 bits per heavy atom. The van der Waals surface area contributed by atoms with Crippen LogP contribution in [-0.4, -0.2) is 31.6 Å². The molecule has 0 bridgehead atoms. The van der Waals surface area contributed by atoms with Crippen LogP contribution in [0.25, 0.3) is 0 Å². The van der Waals surface area contributed by atoms with Gasteiger partial charge in [-0.25, -0.2) is 17.6 Å². The number of pyridine rings is 1. The number of sulfonamides is 1. The number of methoxy groups -OCH3 is 1. The second kappa shape index (κ2) is 12.9. The van der Waals surface area contributed by atoms with Crippen LogP contribution >= 0.6 is 0 Å². The number of anilines is 1. The van der Waals surface area contributed by atoms with E-state index in [0.717, 1.165) is 48.9 Å². The van der Waals surface area contributed by atoms with Crippen molar-refractivity contribution in [1.29, 1.82) is 0 Å². The minimum Gasteiger partial charge on any atom is -0.495 e. The number of carbonyl (C=O) groups is 1. The van der Waals surface area contributed by atoms with Gasteiger partial charge in [0.2, 0.25) is 0 Å². The van der Waals surface area contributed by atoms with Crippen molar-refractivity contribution in [3.8, 4) is 5.75 Å². The van der Waals surface area contributed by atoms with E-state index in [0.29, 0.717) is 5.92 Å². The number of nitrogens with zero attached hydrogens (tertiary/aromatic N) is 1. The molecule has 2 unspecified atom stereocenters. The van der Waals surface area contributed by atoms with Crippen molar-refractivity contribution in [2.75, 3.05) is 11.8 Å². The molecule has 1 heterocycles. The lowest BCUT2D eigenvalue weighted by molar-refractivity contribution is 0.0691. The maximum absolute atomic E-state index is 14.2. The van der Waals surface area contributed by atoms with Gasteiger partial charge >= 0.3 is 5.97 Å². The van der Waals surface area contributed by atoms with E-state index in [1.165, 1.54) is 83.6 Å². The van der Waals surface area contributed by atoms with Gasteiger partial charge in [-0.15, -0.1) is 0 Å². The maximum Gasteiger partial charge on any atom is 0.338 e. The minimum atomic E-state index is -4.09. The summed E-state index contributed by atoms with van der Waals surface area (Å²) < 4.78 is 47.6. The molecular formula is C29H39FN2O5S. The molecular weight excluding hydrogens is 507 g/mol. The van der Waals surface area contributed by atoms with Crippen LogP contribution in [0.4, 0.5) is 10.1 Å². The zero-order valence-electron chi connectivity index (χ0n) is 22.1. The monoisotopic (exact) mass is 546 g/mol.